The molecule has 4 aromatic rings. The SMILES string of the molecule is CCOc1nc2oc(Cl)cc2nc1N(C(=O)Oc1ccccc1)C(=O)Oc1ccccc1. The van der Waals surface area contributed by atoms with Crippen molar-refractivity contribution in [1.29, 1.82) is 0 Å². The summed E-state index contributed by atoms with van der Waals surface area (Å²) >= 11 is 5.90. The molecule has 0 bridgehead atoms. The normalized spacial score (nSPS) is 10.6. The molecule has 9 nitrogen and oxygen atoms in total. The van der Waals surface area contributed by atoms with E-state index >= 15 is 0 Å². The van der Waals surface area contributed by atoms with E-state index in [1.165, 1.54) is 6.07 Å². The third kappa shape index (κ3) is 4.62. The van der Waals surface area contributed by atoms with Gasteiger partial charge in [0.2, 0.25) is 11.5 Å². The number of nitrogens with zero attached hydrogens (tertiary/aromatic N) is 3. The number of halogens is 1. The Balaban J connectivity index is 1.78. The van der Waals surface area contributed by atoms with Crippen LogP contribution >= 0.6 is 11.6 Å². The molecular formula is C22H16ClN3O6. The number of hydrogen-bond acceptors (Lipinski definition) is 8. The minimum absolute atomic E-state index is 0.0323. The summed E-state index contributed by atoms with van der Waals surface area (Å²) in [6, 6.07) is 17.9. The van der Waals surface area contributed by atoms with Crippen molar-refractivity contribution in [1.82, 2.24) is 9.97 Å². The number of ether oxygens (including phenoxy) is 3. The lowest BCUT2D eigenvalue weighted by atomic mass is 10.3. The van der Waals surface area contributed by atoms with Crippen LogP contribution in [0.3, 0.4) is 0 Å². The van der Waals surface area contributed by atoms with E-state index in [2.05, 4.69) is 9.97 Å². The number of para-hydroxylation sites is 2. The molecule has 0 aliphatic rings. The van der Waals surface area contributed by atoms with Crippen molar-refractivity contribution < 1.29 is 28.2 Å². The first kappa shape index (κ1) is 21.1. The molecule has 0 radical (unpaired) electrons. The number of fused-ring (bicyclic) bond motifs is 1. The lowest BCUT2D eigenvalue weighted by molar-refractivity contribution is 0.190. The fraction of sp³-hybridized carbons (Fsp3) is 0.0909. The van der Waals surface area contributed by atoms with Crippen LogP contribution in [0.5, 0.6) is 17.4 Å². The molecule has 10 heteroatoms. The Labute approximate surface area is 187 Å². The zero-order valence-corrected chi connectivity index (χ0v) is 17.5. The van der Waals surface area contributed by atoms with Crippen molar-refractivity contribution in [2.75, 3.05) is 11.5 Å². The summed E-state index contributed by atoms with van der Waals surface area (Å²) < 4.78 is 21.5. The van der Waals surface area contributed by atoms with Crippen LogP contribution in [0.4, 0.5) is 15.4 Å². The van der Waals surface area contributed by atoms with Crippen LogP contribution in [-0.2, 0) is 0 Å². The number of rotatable bonds is 5. The van der Waals surface area contributed by atoms with Gasteiger partial charge in [-0.1, -0.05) is 36.4 Å². The molecule has 2 amide bonds. The van der Waals surface area contributed by atoms with Crippen LogP contribution in [-0.4, -0.2) is 28.8 Å². The Hall–Kier alpha value is -4.11. The monoisotopic (exact) mass is 453 g/mol. The molecule has 0 saturated carbocycles. The van der Waals surface area contributed by atoms with Crippen molar-refractivity contribution in [2.45, 2.75) is 6.92 Å². The van der Waals surface area contributed by atoms with Gasteiger partial charge in [0.25, 0.3) is 5.88 Å². The maximum atomic E-state index is 13.1. The van der Waals surface area contributed by atoms with Gasteiger partial charge in [-0.3, -0.25) is 0 Å². The number of aromatic nitrogens is 2. The predicted octanol–water partition coefficient (Wildman–Crippen LogP) is 5.48. The molecule has 2 aromatic carbocycles. The molecule has 0 N–H and O–H groups in total. The number of amides is 2. The number of carbonyl (C=O) groups excluding carboxylic acids is 2. The Morgan fingerprint density at radius 1 is 0.938 bits per heavy atom. The molecule has 0 aliphatic carbocycles. The van der Waals surface area contributed by atoms with Crippen LogP contribution in [0.25, 0.3) is 11.2 Å². The van der Waals surface area contributed by atoms with Gasteiger partial charge in [-0.15, -0.1) is 0 Å². The molecule has 0 aliphatic heterocycles. The molecule has 2 aromatic heterocycles. The molecular weight excluding hydrogens is 438 g/mol. The lowest BCUT2D eigenvalue weighted by Crippen LogP contribution is -2.42. The van der Waals surface area contributed by atoms with Gasteiger partial charge >= 0.3 is 12.2 Å². The molecule has 0 unspecified atom stereocenters. The Kier molecular flexibility index (Phi) is 6.18. The van der Waals surface area contributed by atoms with E-state index in [4.69, 9.17) is 30.2 Å². The fourth-order valence-electron chi connectivity index (χ4n) is 2.70. The van der Waals surface area contributed by atoms with Gasteiger partial charge in [-0.25, -0.2) is 14.6 Å². The number of hydrogen-bond donors (Lipinski definition) is 0. The molecule has 0 fully saturated rings. The first-order valence-electron chi connectivity index (χ1n) is 9.49. The molecule has 2 heterocycles. The van der Waals surface area contributed by atoms with Crippen LogP contribution in [0.1, 0.15) is 6.92 Å². The fourth-order valence-corrected chi connectivity index (χ4v) is 2.88. The van der Waals surface area contributed by atoms with Crippen molar-refractivity contribution in [3.63, 3.8) is 0 Å². The smallest absolute Gasteiger partial charge is 0.430 e. The summed E-state index contributed by atoms with van der Waals surface area (Å²) in [4.78, 5) is 35.2. The summed E-state index contributed by atoms with van der Waals surface area (Å²) in [6.07, 6.45) is -2.14. The summed E-state index contributed by atoms with van der Waals surface area (Å²) in [5.41, 5.74) is 0.286. The average molecular weight is 454 g/mol. The highest BCUT2D eigenvalue weighted by atomic mass is 35.5. The maximum absolute atomic E-state index is 13.1. The Bertz CT molecular complexity index is 1190. The van der Waals surface area contributed by atoms with Crippen LogP contribution < -0.4 is 19.1 Å². The number of carbonyl (C=O) groups is 2. The van der Waals surface area contributed by atoms with Crippen molar-refractivity contribution >= 4 is 40.8 Å². The number of furan rings is 1. The Morgan fingerprint density at radius 2 is 1.50 bits per heavy atom. The van der Waals surface area contributed by atoms with Crippen molar-refractivity contribution in [2.24, 2.45) is 0 Å². The van der Waals surface area contributed by atoms with E-state index in [0.717, 1.165) is 0 Å². The summed E-state index contributed by atoms with van der Waals surface area (Å²) in [7, 11) is 0. The third-order valence-electron chi connectivity index (χ3n) is 4.04. The molecule has 0 spiro atoms. The van der Waals surface area contributed by atoms with Crippen LogP contribution in [0, 0.1) is 0 Å². The summed E-state index contributed by atoms with van der Waals surface area (Å²) in [5.74, 6) is 0.0569. The van der Waals surface area contributed by atoms with E-state index in [-0.39, 0.29) is 46.3 Å². The van der Waals surface area contributed by atoms with E-state index in [1.807, 2.05) is 0 Å². The second kappa shape index (κ2) is 9.36. The molecule has 0 saturated heterocycles. The van der Waals surface area contributed by atoms with Gasteiger partial charge in [0, 0.05) is 6.07 Å². The summed E-state index contributed by atoms with van der Waals surface area (Å²) in [5, 5.41) is 0.0323. The number of benzene rings is 2. The Morgan fingerprint density at radius 3 is 2.03 bits per heavy atom. The van der Waals surface area contributed by atoms with Crippen LogP contribution in [0.15, 0.2) is 71.1 Å². The van der Waals surface area contributed by atoms with Gasteiger partial charge in [-0.2, -0.15) is 9.88 Å². The van der Waals surface area contributed by atoms with E-state index in [9.17, 15) is 9.59 Å². The van der Waals surface area contributed by atoms with E-state index in [0.29, 0.717) is 4.90 Å². The number of imide groups is 1. The third-order valence-corrected chi connectivity index (χ3v) is 4.23. The molecule has 4 rings (SSSR count). The maximum Gasteiger partial charge on any atom is 0.430 e. The van der Waals surface area contributed by atoms with Gasteiger partial charge in [0.1, 0.15) is 17.0 Å². The highest BCUT2D eigenvalue weighted by Gasteiger charge is 2.33. The topological polar surface area (TPSA) is 104 Å². The lowest BCUT2D eigenvalue weighted by Gasteiger charge is -2.20. The van der Waals surface area contributed by atoms with Gasteiger partial charge < -0.3 is 18.6 Å². The molecule has 0 atom stereocenters. The van der Waals surface area contributed by atoms with Gasteiger partial charge in [0.05, 0.1) is 6.61 Å². The highest BCUT2D eigenvalue weighted by Crippen LogP contribution is 2.31. The van der Waals surface area contributed by atoms with Gasteiger partial charge in [-0.05, 0) is 42.8 Å². The largest absolute Gasteiger partial charge is 0.475 e. The van der Waals surface area contributed by atoms with E-state index in [1.54, 1.807) is 67.6 Å². The molecule has 162 valence electrons. The minimum Gasteiger partial charge on any atom is -0.475 e. The number of anilines is 1. The first-order valence-corrected chi connectivity index (χ1v) is 9.86. The minimum atomic E-state index is -1.07. The van der Waals surface area contributed by atoms with Crippen molar-refractivity contribution in [3.8, 4) is 17.4 Å². The first-order chi connectivity index (χ1) is 15.5. The van der Waals surface area contributed by atoms with Gasteiger partial charge in [0.15, 0.2) is 5.22 Å². The zero-order valence-electron chi connectivity index (χ0n) is 16.7. The quantitative estimate of drug-likeness (QED) is 0.391. The predicted molar refractivity (Wildman–Crippen MR) is 115 cm³/mol. The summed E-state index contributed by atoms with van der Waals surface area (Å²) in [6.45, 7) is 1.89. The average Bonchev–Trinajstić information content (AvgIpc) is 3.14. The van der Waals surface area contributed by atoms with E-state index < -0.39 is 12.2 Å². The second-order valence-electron chi connectivity index (χ2n) is 6.22. The zero-order chi connectivity index (χ0) is 22.5. The van der Waals surface area contributed by atoms with Crippen LogP contribution in [0.2, 0.25) is 5.22 Å². The highest BCUT2D eigenvalue weighted by molar-refractivity contribution is 6.29. The van der Waals surface area contributed by atoms with Crippen molar-refractivity contribution in [3.05, 3.63) is 71.9 Å². The second-order valence-corrected chi connectivity index (χ2v) is 6.60. The molecule has 32 heavy (non-hydrogen) atoms. The standard InChI is InChI=1S/C22H16ClN3O6/c1-2-29-20-18(24-16-13-17(23)32-19(16)25-20)26(21(27)30-14-9-5-3-6-10-14)22(28)31-15-11-7-4-8-12-15/h3-13H,2H2,1H3.